The second kappa shape index (κ2) is 7.18. The summed E-state index contributed by atoms with van der Waals surface area (Å²) < 4.78 is 27.7. The molecule has 0 bridgehead atoms. The van der Waals surface area contributed by atoms with E-state index in [0.717, 1.165) is 4.68 Å². The van der Waals surface area contributed by atoms with Crippen molar-refractivity contribution in [3.8, 4) is 0 Å². The summed E-state index contributed by atoms with van der Waals surface area (Å²) in [4.78, 5) is 25.6. The number of nitrogens with zero attached hydrogens (tertiary/aromatic N) is 4. The van der Waals surface area contributed by atoms with Crippen molar-refractivity contribution < 1.29 is 13.2 Å². The van der Waals surface area contributed by atoms with E-state index < -0.39 is 10.0 Å². The first-order chi connectivity index (χ1) is 12.3. The lowest BCUT2D eigenvalue weighted by Gasteiger charge is -2.33. The largest absolute Gasteiger partial charge is 0.335 e. The molecule has 26 heavy (non-hydrogen) atoms. The second-order valence-corrected chi connectivity index (χ2v) is 8.20. The third-order valence-electron chi connectivity index (χ3n) is 4.16. The van der Waals surface area contributed by atoms with Gasteiger partial charge < -0.3 is 4.90 Å². The number of aromatic nitrogens is 2. The lowest BCUT2D eigenvalue weighted by Crippen LogP contribution is -2.50. The van der Waals surface area contributed by atoms with Gasteiger partial charge in [-0.3, -0.25) is 9.59 Å². The first-order valence-corrected chi connectivity index (χ1v) is 9.70. The van der Waals surface area contributed by atoms with Gasteiger partial charge >= 0.3 is 0 Å². The Labute approximate surface area is 155 Å². The Kier molecular flexibility index (Phi) is 5.12. The molecule has 0 spiro atoms. The molecule has 1 aromatic heterocycles. The maximum absolute atomic E-state index is 12.7. The van der Waals surface area contributed by atoms with Crippen LogP contribution in [0.2, 0.25) is 5.02 Å². The third-order valence-corrected chi connectivity index (χ3v) is 6.32. The quantitative estimate of drug-likeness (QED) is 0.756. The van der Waals surface area contributed by atoms with Crippen molar-refractivity contribution in [1.82, 2.24) is 19.0 Å². The van der Waals surface area contributed by atoms with Crippen molar-refractivity contribution in [3.05, 3.63) is 57.5 Å². The Morgan fingerprint density at radius 3 is 2.23 bits per heavy atom. The van der Waals surface area contributed by atoms with Crippen LogP contribution in [0.1, 0.15) is 10.5 Å². The molecule has 2 aromatic rings. The maximum atomic E-state index is 12.7. The van der Waals surface area contributed by atoms with Gasteiger partial charge in [0.1, 0.15) is 5.69 Å². The summed E-state index contributed by atoms with van der Waals surface area (Å²) in [6.07, 6.45) is 0. The van der Waals surface area contributed by atoms with Crippen molar-refractivity contribution >= 4 is 27.5 Å². The number of halogens is 1. The third kappa shape index (κ3) is 3.64. The highest BCUT2D eigenvalue weighted by Crippen LogP contribution is 2.20. The van der Waals surface area contributed by atoms with Gasteiger partial charge in [0.05, 0.1) is 4.90 Å². The number of rotatable bonds is 3. The molecule has 138 valence electrons. The van der Waals surface area contributed by atoms with E-state index in [9.17, 15) is 18.0 Å². The van der Waals surface area contributed by atoms with Gasteiger partial charge in [-0.25, -0.2) is 13.1 Å². The van der Waals surface area contributed by atoms with Crippen LogP contribution >= 0.6 is 11.6 Å². The summed E-state index contributed by atoms with van der Waals surface area (Å²) in [5.74, 6) is -0.329. The summed E-state index contributed by atoms with van der Waals surface area (Å²) in [6, 6.07) is 8.63. The van der Waals surface area contributed by atoms with Crippen molar-refractivity contribution in [2.24, 2.45) is 7.05 Å². The van der Waals surface area contributed by atoms with Crippen LogP contribution in [0.3, 0.4) is 0 Å². The van der Waals surface area contributed by atoms with E-state index in [0.29, 0.717) is 5.02 Å². The van der Waals surface area contributed by atoms with Gasteiger partial charge in [0, 0.05) is 44.3 Å². The maximum Gasteiger partial charge on any atom is 0.274 e. The molecule has 8 nitrogen and oxygen atoms in total. The van der Waals surface area contributed by atoms with Crippen molar-refractivity contribution in [1.29, 1.82) is 0 Å². The number of hydrogen-bond acceptors (Lipinski definition) is 5. The molecule has 1 fully saturated rings. The molecule has 1 aliphatic heterocycles. The van der Waals surface area contributed by atoms with E-state index in [1.807, 2.05) is 0 Å². The summed E-state index contributed by atoms with van der Waals surface area (Å²) >= 11 is 5.80. The zero-order valence-electron chi connectivity index (χ0n) is 14.0. The zero-order chi connectivity index (χ0) is 18.9. The van der Waals surface area contributed by atoms with Crippen LogP contribution in [-0.2, 0) is 17.1 Å². The highest BCUT2D eigenvalue weighted by Gasteiger charge is 2.30. The summed E-state index contributed by atoms with van der Waals surface area (Å²) in [6.45, 7) is 0.858. The molecule has 0 N–H and O–H groups in total. The van der Waals surface area contributed by atoms with Gasteiger partial charge in [-0.15, -0.1) is 0 Å². The number of benzene rings is 1. The van der Waals surface area contributed by atoms with E-state index in [4.69, 9.17) is 11.6 Å². The van der Waals surface area contributed by atoms with Crippen LogP contribution in [0.25, 0.3) is 0 Å². The predicted octanol–water partition coefficient (Wildman–Crippen LogP) is 0.580. The molecule has 1 aromatic carbocycles. The molecule has 1 aliphatic rings. The van der Waals surface area contributed by atoms with Crippen LogP contribution in [0.4, 0.5) is 0 Å². The molecule has 0 aliphatic carbocycles. The van der Waals surface area contributed by atoms with Crippen LogP contribution in [0, 0.1) is 0 Å². The number of aryl methyl sites for hydroxylation is 1. The fourth-order valence-electron chi connectivity index (χ4n) is 2.67. The normalized spacial score (nSPS) is 15.8. The summed E-state index contributed by atoms with van der Waals surface area (Å²) in [5, 5.41) is 4.40. The standard InChI is InChI=1S/C16H17ClN4O4S/c1-19-15(22)7-6-14(18-19)16(23)20-8-10-21(11-9-20)26(24,25)13-4-2-12(17)3-5-13/h2-7H,8-11H2,1H3. The zero-order valence-corrected chi connectivity index (χ0v) is 15.6. The van der Waals surface area contributed by atoms with Gasteiger partial charge in [0.2, 0.25) is 10.0 Å². The highest BCUT2D eigenvalue weighted by atomic mass is 35.5. The summed E-state index contributed by atoms with van der Waals surface area (Å²) in [5.41, 5.74) is -0.151. The second-order valence-electron chi connectivity index (χ2n) is 5.83. The average Bonchev–Trinajstić information content (AvgIpc) is 2.64. The Morgan fingerprint density at radius 2 is 1.65 bits per heavy atom. The van der Waals surface area contributed by atoms with Crippen LogP contribution in [-0.4, -0.2) is 59.5 Å². The van der Waals surface area contributed by atoms with Crippen LogP contribution in [0.5, 0.6) is 0 Å². The first-order valence-electron chi connectivity index (χ1n) is 7.88. The minimum absolute atomic E-state index is 0.154. The topological polar surface area (TPSA) is 92.6 Å². The molecule has 0 unspecified atom stereocenters. The molecular weight excluding hydrogens is 380 g/mol. The van der Waals surface area contributed by atoms with Gasteiger partial charge in [0.25, 0.3) is 11.5 Å². The molecule has 0 atom stereocenters. The molecule has 0 radical (unpaired) electrons. The fourth-order valence-corrected chi connectivity index (χ4v) is 4.21. The lowest BCUT2D eigenvalue weighted by atomic mass is 10.3. The number of amides is 1. The minimum Gasteiger partial charge on any atom is -0.335 e. The number of piperazine rings is 1. The lowest BCUT2D eigenvalue weighted by molar-refractivity contribution is 0.0689. The monoisotopic (exact) mass is 396 g/mol. The first kappa shape index (κ1) is 18.6. The number of sulfonamides is 1. The predicted molar refractivity (Wildman–Crippen MR) is 95.6 cm³/mol. The molecular formula is C16H17ClN4O4S. The van der Waals surface area contributed by atoms with Crippen LogP contribution < -0.4 is 5.56 Å². The molecule has 10 heteroatoms. The fraction of sp³-hybridized carbons (Fsp3) is 0.312. The Hall–Kier alpha value is -2.23. The molecule has 1 amide bonds. The number of carbonyl (C=O) groups is 1. The van der Waals surface area contributed by atoms with E-state index in [-0.39, 0.29) is 48.2 Å². The molecule has 2 heterocycles. The van der Waals surface area contributed by atoms with Gasteiger partial charge in [-0.1, -0.05) is 11.6 Å². The van der Waals surface area contributed by atoms with E-state index in [1.54, 1.807) is 0 Å². The van der Waals surface area contributed by atoms with Gasteiger partial charge in [0.15, 0.2) is 0 Å². The molecule has 0 saturated carbocycles. The SMILES string of the molecule is Cn1nc(C(=O)N2CCN(S(=O)(=O)c3ccc(Cl)cc3)CC2)ccc1=O. The van der Waals surface area contributed by atoms with Crippen molar-refractivity contribution in [3.63, 3.8) is 0 Å². The van der Waals surface area contributed by atoms with Gasteiger partial charge in [-0.05, 0) is 30.3 Å². The van der Waals surface area contributed by atoms with E-state index in [1.165, 1.54) is 52.7 Å². The number of hydrogen-bond donors (Lipinski definition) is 0. The average molecular weight is 397 g/mol. The van der Waals surface area contributed by atoms with Crippen LogP contribution in [0.15, 0.2) is 46.1 Å². The molecule has 1 saturated heterocycles. The molecule has 3 rings (SSSR count). The van der Waals surface area contributed by atoms with Crippen molar-refractivity contribution in [2.75, 3.05) is 26.2 Å². The highest BCUT2D eigenvalue weighted by molar-refractivity contribution is 7.89. The van der Waals surface area contributed by atoms with E-state index in [2.05, 4.69) is 5.10 Å². The van der Waals surface area contributed by atoms with E-state index >= 15 is 0 Å². The number of carbonyl (C=O) groups excluding carboxylic acids is 1. The Morgan fingerprint density at radius 1 is 1.04 bits per heavy atom. The van der Waals surface area contributed by atoms with Gasteiger partial charge in [-0.2, -0.15) is 9.40 Å². The summed E-state index contributed by atoms with van der Waals surface area (Å²) in [7, 11) is -2.16. The van der Waals surface area contributed by atoms with Crippen molar-refractivity contribution in [2.45, 2.75) is 4.90 Å². The Balaban J connectivity index is 1.70. The Bertz CT molecular complexity index is 980. The smallest absolute Gasteiger partial charge is 0.274 e. The minimum atomic E-state index is -3.63.